The van der Waals surface area contributed by atoms with Crippen molar-refractivity contribution in [2.45, 2.75) is 26.2 Å². The topological polar surface area (TPSA) is 107 Å². The van der Waals surface area contributed by atoms with Crippen LogP contribution in [-0.4, -0.2) is 45.5 Å². The highest BCUT2D eigenvalue weighted by atomic mass is 35.5. The molecule has 2 N–H and O–H groups in total. The van der Waals surface area contributed by atoms with E-state index in [4.69, 9.17) is 16.7 Å². The van der Waals surface area contributed by atoms with E-state index in [2.05, 4.69) is 26.4 Å². The van der Waals surface area contributed by atoms with E-state index < -0.39 is 0 Å². The molecular weight excluding hydrogens is 440 g/mol. The number of amides is 1. The fraction of sp³-hybridized carbons (Fsp3) is 0.333. The smallest absolute Gasteiger partial charge is 0.259 e. The van der Waals surface area contributed by atoms with Crippen LogP contribution < -0.4 is 10.2 Å². The van der Waals surface area contributed by atoms with Gasteiger partial charge >= 0.3 is 0 Å². The third-order valence-corrected chi connectivity index (χ3v) is 6.27. The first-order valence-electron chi connectivity index (χ1n) is 10.9. The molecule has 1 fully saturated rings. The number of nitrogens with zero attached hydrogens (tertiary/aromatic N) is 5. The molecule has 0 bridgehead atoms. The van der Waals surface area contributed by atoms with Gasteiger partial charge in [0, 0.05) is 24.7 Å². The molecule has 0 aliphatic carbocycles. The van der Waals surface area contributed by atoms with Crippen LogP contribution in [0.15, 0.2) is 42.7 Å². The monoisotopic (exact) mass is 464 g/mol. The molecule has 8 nitrogen and oxygen atoms in total. The minimum atomic E-state index is -0.323. The van der Waals surface area contributed by atoms with Crippen molar-refractivity contribution in [2.75, 3.05) is 29.9 Å². The second-order valence-electron chi connectivity index (χ2n) is 8.14. The second kappa shape index (κ2) is 10.0. The molecule has 1 aliphatic rings. The Labute approximate surface area is 197 Å². The zero-order valence-electron chi connectivity index (χ0n) is 18.3. The molecule has 0 spiro atoms. The van der Waals surface area contributed by atoms with Crippen molar-refractivity contribution in [1.82, 2.24) is 14.8 Å². The van der Waals surface area contributed by atoms with E-state index in [1.165, 1.54) is 6.20 Å². The van der Waals surface area contributed by atoms with Crippen LogP contribution >= 0.6 is 11.6 Å². The summed E-state index contributed by atoms with van der Waals surface area (Å²) in [5, 5.41) is 26.6. The lowest BCUT2D eigenvalue weighted by Crippen LogP contribution is -2.35. The van der Waals surface area contributed by atoms with Crippen molar-refractivity contribution in [3.05, 3.63) is 64.6 Å². The maximum absolute atomic E-state index is 12.9. The number of aromatic nitrogens is 3. The second-order valence-corrected chi connectivity index (χ2v) is 8.57. The molecule has 33 heavy (non-hydrogen) atoms. The number of carbonyl (C=O) groups is 1. The molecule has 170 valence electrons. The number of pyridine rings is 1. The summed E-state index contributed by atoms with van der Waals surface area (Å²) in [5.74, 6) is 0.813. The highest BCUT2D eigenvalue weighted by molar-refractivity contribution is 6.30. The highest BCUT2D eigenvalue weighted by Crippen LogP contribution is 2.27. The summed E-state index contributed by atoms with van der Waals surface area (Å²) in [6.45, 7) is 3.61. The molecule has 1 aliphatic heterocycles. The lowest BCUT2D eigenvalue weighted by atomic mass is 9.94. The summed E-state index contributed by atoms with van der Waals surface area (Å²) in [6.07, 6.45) is 5.83. The normalized spacial score (nSPS) is 14.2. The molecule has 1 amide bonds. The van der Waals surface area contributed by atoms with Gasteiger partial charge in [-0.05, 0) is 62.4 Å². The SMILES string of the molecule is Cc1c(C(=O)Nc2cnc(N3CCC(CCO)CC3)c(C#N)c2)cnn1-c1ccc(Cl)cc1. The van der Waals surface area contributed by atoms with Gasteiger partial charge in [0.1, 0.15) is 11.9 Å². The van der Waals surface area contributed by atoms with E-state index >= 15 is 0 Å². The Hall–Kier alpha value is -3.41. The maximum Gasteiger partial charge on any atom is 0.259 e. The molecule has 1 saturated heterocycles. The van der Waals surface area contributed by atoms with Crippen LogP contribution in [0.5, 0.6) is 0 Å². The van der Waals surface area contributed by atoms with E-state index in [1.807, 2.05) is 19.1 Å². The molecule has 9 heteroatoms. The first-order chi connectivity index (χ1) is 16.0. The minimum absolute atomic E-state index is 0.207. The summed E-state index contributed by atoms with van der Waals surface area (Å²) in [7, 11) is 0. The predicted octanol–water partition coefficient (Wildman–Crippen LogP) is 3.95. The minimum Gasteiger partial charge on any atom is -0.396 e. The van der Waals surface area contributed by atoms with E-state index in [-0.39, 0.29) is 12.5 Å². The maximum atomic E-state index is 12.9. The Bertz CT molecular complexity index is 1180. The fourth-order valence-corrected chi connectivity index (χ4v) is 4.28. The Morgan fingerprint density at radius 2 is 2.00 bits per heavy atom. The van der Waals surface area contributed by atoms with Gasteiger partial charge in [-0.1, -0.05) is 11.6 Å². The van der Waals surface area contributed by atoms with E-state index in [0.717, 1.165) is 38.0 Å². The number of aliphatic hydroxyl groups is 1. The van der Waals surface area contributed by atoms with Gasteiger partial charge in [0.15, 0.2) is 0 Å². The van der Waals surface area contributed by atoms with Crippen molar-refractivity contribution < 1.29 is 9.90 Å². The number of nitriles is 1. The molecule has 0 saturated carbocycles. The van der Waals surface area contributed by atoms with E-state index in [1.54, 1.807) is 29.1 Å². The largest absolute Gasteiger partial charge is 0.396 e. The van der Waals surface area contributed by atoms with Crippen LogP contribution in [-0.2, 0) is 0 Å². The molecular formula is C24H25ClN6O2. The molecule has 1 aromatic carbocycles. The first-order valence-corrected chi connectivity index (χ1v) is 11.3. The van der Waals surface area contributed by atoms with Crippen LogP contribution in [0.25, 0.3) is 5.69 Å². The van der Waals surface area contributed by atoms with Gasteiger partial charge in [-0.15, -0.1) is 0 Å². The molecule has 3 aromatic rings. The van der Waals surface area contributed by atoms with E-state index in [9.17, 15) is 10.1 Å². The number of hydrogen-bond donors (Lipinski definition) is 2. The zero-order valence-corrected chi connectivity index (χ0v) is 19.1. The lowest BCUT2D eigenvalue weighted by molar-refractivity contribution is 0.102. The molecule has 0 radical (unpaired) electrons. The summed E-state index contributed by atoms with van der Waals surface area (Å²) in [5.41, 5.74) is 2.79. The number of carbonyl (C=O) groups excluding carboxylic acids is 1. The Kier molecular flexibility index (Phi) is 6.92. The van der Waals surface area contributed by atoms with Crippen molar-refractivity contribution in [1.29, 1.82) is 5.26 Å². The van der Waals surface area contributed by atoms with Crippen molar-refractivity contribution in [3.8, 4) is 11.8 Å². The molecule has 0 unspecified atom stereocenters. The summed E-state index contributed by atoms with van der Waals surface area (Å²) in [6, 6.07) is 11.1. The van der Waals surface area contributed by atoms with Crippen LogP contribution in [0.1, 0.15) is 40.9 Å². The first kappa shape index (κ1) is 22.8. The zero-order chi connectivity index (χ0) is 23.4. The number of aliphatic hydroxyl groups excluding tert-OH is 1. The number of anilines is 2. The van der Waals surface area contributed by atoms with Gasteiger partial charge in [0.05, 0.1) is 40.6 Å². The Morgan fingerprint density at radius 3 is 2.67 bits per heavy atom. The van der Waals surface area contributed by atoms with Crippen LogP contribution in [0.3, 0.4) is 0 Å². The van der Waals surface area contributed by atoms with Gasteiger partial charge in [0.2, 0.25) is 0 Å². The van der Waals surface area contributed by atoms with Crippen molar-refractivity contribution >= 4 is 29.0 Å². The van der Waals surface area contributed by atoms with Crippen LogP contribution in [0.2, 0.25) is 5.02 Å². The number of piperidine rings is 1. The number of nitrogens with one attached hydrogen (secondary N) is 1. The third kappa shape index (κ3) is 5.00. The van der Waals surface area contributed by atoms with Gasteiger partial charge in [-0.2, -0.15) is 10.4 Å². The number of halogens is 1. The Balaban J connectivity index is 1.48. The fourth-order valence-electron chi connectivity index (χ4n) is 4.15. The highest BCUT2D eigenvalue weighted by Gasteiger charge is 2.22. The Morgan fingerprint density at radius 1 is 1.27 bits per heavy atom. The standard InChI is InChI=1S/C24H25ClN6O2/c1-16-22(15-28-31(16)21-4-2-19(25)3-5-21)24(33)29-20-12-18(13-26)23(27-14-20)30-9-6-17(7-10-30)8-11-32/h2-5,12,14-15,17,32H,6-11H2,1H3,(H,29,33). The molecule has 4 rings (SSSR count). The molecule has 3 heterocycles. The van der Waals surface area contributed by atoms with Crippen molar-refractivity contribution in [2.24, 2.45) is 5.92 Å². The van der Waals surface area contributed by atoms with Crippen LogP contribution in [0.4, 0.5) is 11.5 Å². The lowest BCUT2D eigenvalue weighted by Gasteiger charge is -2.33. The number of benzene rings is 1. The average molecular weight is 465 g/mol. The predicted molar refractivity (Wildman–Crippen MR) is 127 cm³/mol. The van der Waals surface area contributed by atoms with Crippen molar-refractivity contribution in [3.63, 3.8) is 0 Å². The summed E-state index contributed by atoms with van der Waals surface area (Å²) >= 11 is 5.95. The quantitative estimate of drug-likeness (QED) is 0.572. The van der Waals surface area contributed by atoms with Gasteiger partial charge in [-0.3, -0.25) is 4.79 Å². The van der Waals surface area contributed by atoms with Gasteiger partial charge < -0.3 is 15.3 Å². The number of hydrogen-bond acceptors (Lipinski definition) is 6. The third-order valence-electron chi connectivity index (χ3n) is 6.02. The van der Waals surface area contributed by atoms with Gasteiger partial charge in [0.25, 0.3) is 5.91 Å². The average Bonchev–Trinajstić information content (AvgIpc) is 3.21. The van der Waals surface area contributed by atoms with Crippen LogP contribution in [0, 0.1) is 24.2 Å². The molecule has 2 aromatic heterocycles. The van der Waals surface area contributed by atoms with E-state index in [0.29, 0.717) is 39.3 Å². The van der Waals surface area contributed by atoms with Gasteiger partial charge in [-0.25, -0.2) is 9.67 Å². The summed E-state index contributed by atoms with van der Waals surface area (Å²) < 4.78 is 1.67. The summed E-state index contributed by atoms with van der Waals surface area (Å²) in [4.78, 5) is 19.5. The molecule has 0 atom stereocenters. The number of rotatable bonds is 6.